The van der Waals surface area contributed by atoms with E-state index >= 15 is 0 Å². The summed E-state index contributed by atoms with van der Waals surface area (Å²) < 4.78 is 0. The largest absolute Gasteiger partial charge is 0.305 e. The Kier molecular flexibility index (Phi) is 6.32. The van der Waals surface area contributed by atoms with Gasteiger partial charge in [0.05, 0.1) is 0 Å². The van der Waals surface area contributed by atoms with Crippen LogP contribution >= 0.6 is 0 Å². The second-order valence-electron chi connectivity index (χ2n) is 8.14. The number of pyridine rings is 2. The van der Waals surface area contributed by atoms with Crippen molar-refractivity contribution in [1.82, 2.24) is 9.97 Å². The van der Waals surface area contributed by atoms with Crippen molar-refractivity contribution in [3.8, 4) is 22.5 Å². The third-order valence-corrected chi connectivity index (χ3v) is 5.88. The molecule has 5 aromatic rings. The van der Waals surface area contributed by atoms with Crippen LogP contribution < -0.4 is 0 Å². The first-order chi connectivity index (χ1) is 15.2. The summed E-state index contributed by atoms with van der Waals surface area (Å²) in [6, 6.07) is 35.1. The minimum Gasteiger partial charge on any atom is -0.305 e. The Morgan fingerprint density at radius 3 is 2.28 bits per heavy atom. The second kappa shape index (κ2) is 9.16. The summed E-state index contributed by atoms with van der Waals surface area (Å²) in [6.07, 6.45) is 3.68. The normalized spacial score (nSPS) is 12.7. The summed E-state index contributed by atoms with van der Waals surface area (Å²) in [5.41, 5.74) is 6.91. The molecule has 0 atom stereocenters. The summed E-state index contributed by atoms with van der Waals surface area (Å²) in [5, 5.41) is 2.54. The SMILES string of the molecule is CC1(C)c2ccc[c-]c2-c2nccc3cccc1c23.[Ir].[c-]1ccccc1-c1ccccn1. The van der Waals surface area contributed by atoms with Crippen molar-refractivity contribution in [3.63, 3.8) is 0 Å². The van der Waals surface area contributed by atoms with Gasteiger partial charge in [-0.2, -0.15) is 0 Å². The van der Waals surface area contributed by atoms with Crippen LogP contribution in [0.3, 0.4) is 0 Å². The summed E-state index contributed by atoms with van der Waals surface area (Å²) in [7, 11) is 0. The molecule has 1 aliphatic rings. The van der Waals surface area contributed by atoms with Crippen molar-refractivity contribution in [3.05, 3.63) is 121 Å². The van der Waals surface area contributed by atoms with Crippen LogP contribution in [0.4, 0.5) is 0 Å². The zero-order chi connectivity index (χ0) is 21.3. The summed E-state index contributed by atoms with van der Waals surface area (Å²) in [6.45, 7) is 4.56. The van der Waals surface area contributed by atoms with Gasteiger partial charge in [0.25, 0.3) is 0 Å². The molecule has 3 heteroatoms. The third-order valence-electron chi connectivity index (χ3n) is 5.88. The van der Waals surface area contributed by atoms with Gasteiger partial charge in [-0.15, -0.1) is 71.3 Å². The predicted molar refractivity (Wildman–Crippen MR) is 127 cm³/mol. The molecule has 0 aliphatic heterocycles. The predicted octanol–water partition coefficient (Wildman–Crippen LogP) is 6.89. The van der Waals surface area contributed by atoms with Crippen LogP contribution in [0.5, 0.6) is 0 Å². The molecule has 32 heavy (non-hydrogen) atoms. The number of nitrogens with zero attached hydrogens (tertiary/aromatic N) is 2. The monoisotopic (exact) mass is 591 g/mol. The molecule has 2 nitrogen and oxygen atoms in total. The topological polar surface area (TPSA) is 25.8 Å². The molecular formula is C29H22IrN2-2. The Balaban J connectivity index is 0.000000164. The van der Waals surface area contributed by atoms with Gasteiger partial charge < -0.3 is 9.97 Å². The first-order valence-electron chi connectivity index (χ1n) is 10.4. The molecule has 0 N–H and O–H groups in total. The van der Waals surface area contributed by atoms with Gasteiger partial charge in [0.2, 0.25) is 0 Å². The number of benzene rings is 3. The fourth-order valence-electron chi connectivity index (χ4n) is 4.31. The average Bonchev–Trinajstić information content (AvgIpc) is 2.84. The molecule has 2 heterocycles. The van der Waals surface area contributed by atoms with Gasteiger partial charge >= 0.3 is 0 Å². The Morgan fingerprint density at radius 1 is 0.688 bits per heavy atom. The van der Waals surface area contributed by atoms with E-state index in [0.29, 0.717) is 0 Å². The Morgan fingerprint density at radius 2 is 1.50 bits per heavy atom. The number of hydrogen-bond donors (Lipinski definition) is 0. The molecule has 0 bridgehead atoms. The zero-order valence-corrected chi connectivity index (χ0v) is 20.4. The molecule has 0 amide bonds. The molecule has 159 valence electrons. The van der Waals surface area contributed by atoms with Gasteiger partial charge in [0.1, 0.15) is 0 Å². The minimum absolute atomic E-state index is 0. The van der Waals surface area contributed by atoms with Crippen LogP contribution in [-0.4, -0.2) is 9.97 Å². The summed E-state index contributed by atoms with van der Waals surface area (Å²) in [5.74, 6) is 0. The number of fused-ring (bicyclic) bond motifs is 2. The summed E-state index contributed by atoms with van der Waals surface area (Å²) in [4.78, 5) is 8.83. The van der Waals surface area contributed by atoms with E-state index in [2.05, 4.69) is 72.3 Å². The van der Waals surface area contributed by atoms with Gasteiger partial charge in [-0.3, -0.25) is 0 Å². The van der Waals surface area contributed by atoms with E-state index < -0.39 is 0 Å². The van der Waals surface area contributed by atoms with Crippen LogP contribution in [-0.2, 0) is 25.5 Å². The van der Waals surface area contributed by atoms with Crippen molar-refractivity contribution in [1.29, 1.82) is 0 Å². The summed E-state index contributed by atoms with van der Waals surface area (Å²) >= 11 is 0. The average molecular weight is 591 g/mol. The van der Waals surface area contributed by atoms with Crippen LogP contribution in [0, 0.1) is 12.1 Å². The van der Waals surface area contributed by atoms with Crippen LogP contribution in [0.1, 0.15) is 25.0 Å². The van der Waals surface area contributed by atoms with Crippen molar-refractivity contribution in [2.24, 2.45) is 0 Å². The van der Waals surface area contributed by atoms with Crippen LogP contribution in [0.2, 0.25) is 0 Å². The number of rotatable bonds is 1. The molecule has 0 saturated heterocycles. The molecule has 0 fully saturated rings. The van der Waals surface area contributed by atoms with Crippen molar-refractivity contribution >= 4 is 10.8 Å². The zero-order valence-electron chi connectivity index (χ0n) is 18.0. The molecule has 0 unspecified atom stereocenters. The Bertz CT molecular complexity index is 1300. The maximum absolute atomic E-state index is 4.61. The molecule has 1 aliphatic carbocycles. The van der Waals surface area contributed by atoms with Crippen LogP contribution in [0.15, 0.2) is 97.3 Å². The molecule has 3 aromatic carbocycles. The van der Waals surface area contributed by atoms with Gasteiger partial charge in [0.15, 0.2) is 0 Å². The molecule has 1 radical (unpaired) electrons. The fraction of sp³-hybridized carbons (Fsp3) is 0.103. The van der Waals surface area contributed by atoms with Crippen molar-refractivity contribution < 1.29 is 20.1 Å². The van der Waals surface area contributed by atoms with E-state index in [9.17, 15) is 0 Å². The van der Waals surface area contributed by atoms with E-state index in [1.807, 2.05) is 54.7 Å². The van der Waals surface area contributed by atoms with E-state index in [1.54, 1.807) is 6.20 Å². The number of aromatic nitrogens is 2. The first-order valence-corrected chi connectivity index (χ1v) is 10.4. The van der Waals surface area contributed by atoms with Crippen molar-refractivity contribution in [2.45, 2.75) is 19.3 Å². The van der Waals surface area contributed by atoms with Gasteiger partial charge in [-0.25, -0.2) is 0 Å². The molecule has 6 rings (SSSR count). The van der Waals surface area contributed by atoms with Gasteiger partial charge in [-0.1, -0.05) is 44.2 Å². The Labute approximate surface area is 202 Å². The minimum atomic E-state index is 0. The molecular weight excluding hydrogens is 569 g/mol. The third kappa shape index (κ3) is 3.90. The quantitative estimate of drug-likeness (QED) is 0.199. The maximum Gasteiger partial charge on any atom is 0.0167 e. The van der Waals surface area contributed by atoms with E-state index in [4.69, 9.17) is 0 Å². The molecule has 0 spiro atoms. The van der Waals surface area contributed by atoms with Crippen LogP contribution in [0.25, 0.3) is 33.3 Å². The second-order valence-corrected chi connectivity index (χ2v) is 8.14. The van der Waals surface area contributed by atoms with E-state index in [-0.39, 0.29) is 25.5 Å². The Hall–Kier alpha value is -3.13. The smallest absolute Gasteiger partial charge is 0.0167 e. The number of hydrogen-bond acceptors (Lipinski definition) is 2. The van der Waals surface area contributed by atoms with E-state index in [0.717, 1.165) is 22.5 Å². The first kappa shape index (κ1) is 22.1. The van der Waals surface area contributed by atoms with Gasteiger partial charge in [-0.05, 0) is 45.3 Å². The molecule has 0 saturated carbocycles. The molecule has 2 aromatic heterocycles. The maximum atomic E-state index is 4.61. The standard InChI is InChI=1S/C18H14N.C11H8N.Ir/c1-18(2)14-8-4-3-7-13(14)17-16-12(10-11-19-17)6-5-9-15(16)18;1-2-6-10(7-3-1)11-8-4-5-9-12-11;/h3-6,8-11H,1-2H3;1-6,8-9H;/q2*-1;. The van der Waals surface area contributed by atoms with E-state index in [1.165, 1.54) is 21.9 Å². The fourth-order valence-corrected chi connectivity index (χ4v) is 4.31. The van der Waals surface area contributed by atoms with Gasteiger partial charge in [0, 0.05) is 32.5 Å². The van der Waals surface area contributed by atoms with Crippen molar-refractivity contribution in [2.75, 3.05) is 0 Å².